The average Bonchev–Trinajstić information content (AvgIpc) is 3.45. The van der Waals surface area contributed by atoms with Gasteiger partial charge in [-0.1, -0.05) is 73.5 Å². The number of benzene rings is 2. The Morgan fingerprint density at radius 3 is 1.38 bits per heavy atom. The molecule has 0 saturated carbocycles. The summed E-state index contributed by atoms with van der Waals surface area (Å²) in [6.45, 7) is 12.9. The zero-order valence-corrected chi connectivity index (χ0v) is 31.3. The number of cyclic esters (lactones) is 4. The van der Waals surface area contributed by atoms with Crippen molar-refractivity contribution in [2.24, 2.45) is 11.8 Å². The Balaban J connectivity index is 1.55. The van der Waals surface area contributed by atoms with E-state index in [2.05, 4.69) is 63.5 Å². The van der Waals surface area contributed by atoms with Gasteiger partial charge in [-0.05, 0) is 74.6 Å². The molecule has 2 aliphatic heterocycles. The number of esters is 4. The summed E-state index contributed by atoms with van der Waals surface area (Å²) in [5.41, 5.74) is 0. The van der Waals surface area contributed by atoms with Gasteiger partial charge in [-0.25, -0.2) is 0 Å². The highest BCUT2D eigenvalue weighted by molar-refractivity contribution is 7.02. The predicted octanol–water partition coefficient (Wildman–Crippen LogP) is 5.14. The van der Waals surface area contributed by atoms with Gasteiger partial charge in [0.1, 0.15) is 0 Å². The lowest BCUT2D eigenvalue weighted by Crippen LogP contribution is -2.71. The number of rotatable bonds is 16. The molecule has 2 heterocycles. The van der Waals surface area contributed by atoms with Gasteiger partial charge in [0, 0.05) is 0 Å². The van der Waals surface area contributed by atoms with E-state index < -0.39 is 57.6 Å². The number of hydrogen-bond donors (Lipinski definition) is 0. The van der Waals surface area contributed by atoms with E-state index in [0.29, 0.717) is 12.8 Å². The number of carbonyl (C=O) groups excluding carboxylic acids is 4. The lowest BCUT2D eigenvalue weighted by molar-refractivity contribution is -0.155. The number of ether oxygens (including phenoxy) is 2. The van der Waals surface area contributed by atoms with Crippen LogP contribution in [0, 0.1) is 11.8 Å². The van der Waals surface area contributed by atoms with Crippen LogP contribution in [0.5, 0.6) is 0 Å². The highest BCUT2D eigenvalue weighted by Crippen LogP contribution is 2.31. The van der Waals surface area contributed by atoms with Crippen LogP contribution in [0.4, 0.5) is 0 Å². The van der Waals surface area contributed by atoms with Crippen LogP contribution in [0.2, 0.25) is 51.4 Å². The van der Waals surface area contributed by atoms with Crippen LogP contribution < -0.4 is 10.4 Å². The first kappa shape index (κ1) is 35.3. The largest absolute Gasteiger partial charge is 0.436 e. The normalized spacial score (nSPS) is 19.6. The Morgan fingerprint density at radius 1 is 0.600 bits per heavy atom. The second-order valence-corrected chi connectivity index (χ2v) is 29.4. The second-order valence-electron chi connectivity index (χ2n) is 13.7. The molecule has 0 bridgehead atoms. The molecular formula is C32H46O9Si4. The topological polar surface area (TPSA) is 114 Å². The first-order valence-corrected chi connectivity index (χ1v) is 26.7. The Kier molecular flexibility index (Phi) is 11.4. The quantitative estimate of drug-likeness (QED) is 0.135. The van der Waals surface area contributed by atoms with Gasteiger partial charge >= 0.3 is 41.0 Å². The summed E-state index contributed by atoms with van der Waals surface area (Å²) in [6.07, 6.45) is 3.03. The SMILES string of the molecule is C[Si](C)(CCCC1CC(=O)OC1=O)O[Si](C)(C)O[Si](O[Si](C)(C)CCCC1CC(=O)OC1=O)(c1ccccc1)c1ccccc1. The Bertz CT molecular complexity index is 1330. The number of carbonyl (C=O) groups is 4. The minimum Gasteiger partial charge on any atom is -0.436 e. The van der Waals surface area contributed by atoms with Crippen LogP contribution in [0.3, 0.4) is 0 Å². The molecule has 0 amide bonds. The van der Waals surface area contributed by atoms with E-state index in [9.17, 15) is 19.2 Å². The molecule has 0 aliphatic carbocycles. The molecule has 0 spiro atoms. The van der Waals surface area contributed by atoms with Crippen molar-refractivity contribution in [1.82, 2.24) is 0 Å². The van der Waals surface area contributed by atoms with Crippen LogP contribution in [0.15, 0.2) is 60.7 Å². The average molecular weight is 687 g/mol. The molecule has 45 heavy (non-hydrogen) atoms. The van der Waals surface area contributed by atoms with Gasteiger partial charge < -0.3 is 21.8 Å². The molecule has 0 N–H and O–H groups in total. The lowest BCUT2D eigenvalue weighted by atomic mass is 10.0. The maximum absolute atomic E-state index is 12.1. The van der Waals surface area contributed by atoms with Crippen LogP contribution in [-0.2, 0) is 41.0 Å². The minimum atomic E-state index is -3.32. The third-order valence-electron chi connectivity index (χ3n) is 8.22. The van der Waals surface area contributed by atoms with Crippen molar-refractivity contribution in [1.29, 1.82) is 0 Å². The van der Waals surface area contributed by atoms with Gasteiger partial charge in [0.15, 0.2) is 16.6 Å². The van der Waals surface area contributed by atoms with E-state index in [1.54, 1.807) is 0 Å². The van der Waals surface area contributed by atoms with Crippen molar-refractivity contribution in [3.05, 3.63) is 60.7 Å². The van der Waals surface area contributed by atoms with Crippen molar-refractivity contribution in [2.75, 3.05) is 0 Å². The first-order chi connectivity index (χ1) is 21.1. The molecule has 2 saturated heterocycles. The number of hydrogen-bond acceptors (Lipinski definition) is 9. The van der Waals surface area contributed by atoms with E-state index in [1.807, 2.05) is 36.4 Å². The molecular weight excluding hydrogens is 641 g/mol. The Morgan fingerprint density at radius 2 is 1.00 bits per heavy atom. The van der Waals surface area contributed by atoms with Crippen LogP contribution in [-0.4, -0.2) is 57.6 Å². The molecule has 2 atom stereocenters. The zero-order chi connectivity index (χ0) is 32.9. The van der Waals surface area contributed by atoms with E-state index >= 15 is 0 Å². The molecule has 2 fully saturated rings. The third-order valence-corrected chi connectivity index (χ3v) is 24.2. The molecule has 13 heteroatoms. The Hall–Kier alpha value is -2.53. The van der Waals surface area contributed by atoms with Gasteiger partial charge in [0.25, 0.3) is 0 Å². The Labute approximate surface area is 270 Å². The smallest absolute Gasteiger partial charge is 0.388 e. The molecule has 2 aromatic rings. The second kappa shape index (κ2) is 14.5. The summed E-state index contributed by atoms with van der Waals surface area (Å²) < 4.78 is 31.2. The van der Waals surface area contributed by atoms with Crippen molar-refractivity contribution in [3.8, 4) is 0 Å². The molecule has 2 aromatic carbocycles. The van der Waals surface area contributed by atoms with Crippen molar-refractivity contribution >= 4 is 68.0 Å². The summed E-state index contributed by atoms with van der Waals surface area (Å²) >= 11 is 0. The lowest BCUT2D eigenvalue weighted by Gasteiger charge is -2.44. The van der Waals surface area contributed by atoms with Crippen LogP contribution >= 0.6 is 0 Å². The molecule has 244 valence electrons. The summed E-state index contributed by atoms with van der Waals surface area (Å²) in [6, 6.07) is 22.0. The van der Waals surface area contributed by atoms with E-state index in [4.69, 9.17) is 21.8 Å². The summed E-state index contributed by atoms with van der Waals surface area (Å²) in [7, 11) is -10.8. The van der Waals surface area contributed by atoms with Crippen LogP contribution in [0.25, 0.3) is 0 Å². The third kappa shape index (κ3) is 9.73. The molecule has 0 radical (unpaired) electrons. The molecule has 4 rings (SSSR count). The van der Waals surface area contributed by atoms with Crippen molar-refractivity contribution in [3.63, 3.8) is 0 Å². The minimum absolute atomic E-state index is 0.150. The van der Waals surface area contributed by atoms with Gasteiger partial charge in [-0.15, -0.1) is 0 Å². The summed E-state index contributed by atoms with van der Waals surface area (Å²) in [5, 5.41) is 2.02. The molecule has 2 unspecified atom stereocenters. The molecule has 9 nitrogen and oxygen atoms in total. The van der Waals surface area contributed by atoms with Crippen molar-refractivity contribution < 1.29 is 41.0 Å². The zero-order valence-electron chi connectivity index (χ0n) is 27.3. The van der Waals surface area contributed by atoms with Gasteiger partial charge in [-0.2, -0.15) is 0 Å². The fourth-order valence-electron chi connectivity index (χ4n) is 6.29. The van der Waals surface area contributed by atoms with E-state index in [0.717, 1.165) is 35.3 Å². The predicted molar refractivity (Wildman–Crippen MR) is 180 cm³/mol. The highest BCUT2D eigenvalue weighted by atomic mass is 28.5. The molecule has 2 aliphatic rings. The van der Waals surface area contributed by atoms with Gasteiger partial charge in [-0.3, -0.25) is 19.2 Å². The summed E-state index contributed by atoms with van der Waals surface area (Å²) in [5.74, 6) is -2.46. The fourth-order valence-corrected chi connectivity index (χ4v) is 25.0. The fraction of sp³-hybridized carbons (Fsp3) is 0.500. The summed E-state index contributed by atoms with van der Waals surface area (Å²) in [4.78, 5) is 47.1. The van der Waals surface area contributed by atoms with Gasteiger partial charge in [0.05, 0.1) is 24.7 Å². The molecule has 0 aromatic heterocycles. The van der Waals surface area contributed by atoms with Gasteiger partial charge in [0.2, 0.25) is 0 Å². The van der Waals surface area contributed by atoms with E-state index in [1.165, 1.54) is 0 Å². The maximum Gasteiger partial charge on any atom is 0.388 e. The van der Waals surface area contributed by atoms with E-state index in [-0.39, 0.29) is 24.7 Å². The maximum atomic E-state index is 12.1. The monoisotopic (exact) mass is 686 g/mol. The first-order valence-electron chi connectivity index (χ1n) is 15.8. The van der Waals surface area contributed by atoms with Crippen LogP contribution in [0.1, 0.15) is 38.5 Å². The highest BCUT2D eigenvalue weighted by Gasteiger charge is 2.52. The van der Waals surface area contributed by atoms with Crippen molar-refractivity contribution in [2.45, 2.75) is 89.9 Å². The standard InChI is InChI=1S/C32H46O9Si4/c1-42(2,21-13-15-25-23-29(33)37-31(25)35)39-44(5,6)41-45(27-17-9-7-10-18-27,28-19-11-8-12-20-28)40-43(3,4)22-14-16-26-24-30(34)38-32(26)36/h7-12,17-20,25-26H,13-16,21-24H2,1-6H3.